The van der Waals surface area contributed by atoms with Crippen molar-refractivity contribution < 1.29 is 23.8 Å². The monoisotopic (exact) mass is 488 g/mol. The number of amides is 1. The second-order valence-electron chi connectivity index (χ2n) is 7.61. The number of ether oxygens (including phenoxy) is 3. The van der Waals surface area contributed by atoms with Crippen molar-refractivity contribution in [3.8, 4) is 39.1 Å². The smallest absolute Gasteiger partial charge is 0.308 e. The lowest BCUT2D eigenvalue weighted by atomic mass is 10.1. The van der Waals surface area contributed by atoms with Crippen molar-refractivity contribution in [2.45, 2.75) is 13.5 Å². The number of benzene rings is 3. The van der Waals surface area contributed by atoms with Crippen molar-refractivity contribution in [1.29, 1.82) is 0 Å². The molecule has 0 atom stereocenters. The van der Waals surface area contributed by atoms with Crippen LogP contribution in [0.1, 0.15) is 22.8 Å². The van der Waals surface area contributed by atoms with Gasteiger partial charge in [-0.1, -0.05) is 24.3 Å². The first-order chi connectivity index (χ1) is 17.0. The zero-order chi connectivity index (χ0) is 24.8. The highest BCUT2D eigenvalue weighted by Gasteiger charge is 2.11. The molecule has 1 aromatic heterocycles. The van der Waals surface area contributed by atoms with Gasteiger partial charge in [-0.05, 0) is 48.0 Å². The van der Waals surface area contributed by atoms with Crippen LogP contribution in [0.2, 0.25) is 0 Å². The highest BCUT2D eigenvalue weighted by Crippen LogP contribution is 2.34. The zero-order valence-corrected chi connectivity index (χ0v) is 20.3. The number of methoxy groups -OCH3 is 2. The van der Waals surface area contributed by atoms with Gasteiger partial charge < -0.3 is 19.5 Å². The lowest BCUT2D eigenvalue weighted by Crippen LogP contribution is -2.22. The summed E-state index contributed by atoms with van der Waals surface area (Å²) in [7, 11) is 3.22. The highest BCUT2D eigenvalue weighted by atomic mass is 32.1. The number of carbonyl (C=O) groups is 2. The van der Waals surface area contributed by atoms with Crippen molar-refractivity contribution in [3.05, 3.63) is 83.2 Å². The van der Waals surface area contributed by atoms with E-state index in [0.717, 1.165) is 27.4 Å². The first kappa shape index (κ1) is 24.0. The number of hydrogen-bond acceptors (Lipinski definition) is 7. The van der Waals surface area contributed by atoms with Crippen molar-refractivity contribution in [2.75, 3.05) is 14.2 Å². The third-order valence-electron chi connectivity index (χ3n) is 5.22. The predicted octanol–water partition coefficient (Wildman–Crippen LogP) is 5.35. The second-order valence-corrected chi connectivity index (χ2v) is 8.46. The van der Waals surface area contributed by atoms with Gasteiger partial charge in [0.1, 0.15) is 10.8 Å². The molecule has 0 radical (unpaired) electrons. The molecular formula is C27H24N2O5S. The first-order valence-electron chi connectivity index (χ1n) is 10.8. The minimum atomic E-state index is -0.402. The molecule has 0 aliphatic rings. The molecule has 0 bridgehead atoms. The minimum Gasteiger partial charge on any atom is -0.493 e. The normalized spacial score (nSPS) is 10.5. The molecule has 7 nitrogen and oxygen atoms in total. The zero-order valence-electron chi connectivity index (χ0n) is 19.5. The summed E-state index contributed by atoms with van der Waals surface area (Å²) in [4.78, 5) is 28.2. The van der Waals surface area contributed by atoms with Crippen molar-refractivity contribution in [3.63, 3.8) is 0 Å². The van der Waals surface area contributed by atoms with Gasteiger partial charge in [0.2, 0.25) is 0 Å². The topological polar surface area (TPSA) is 86.8 Å². The van der Waals surface area contributed by atoms with E-state index in [9.17, 15) is 9.59 Å². The molecule has 4 aromatic rings. The van der Waals surface area contributed by atoms with Crippen LogP contribution in [0.15, 0.2) is 72.1 Å². The summed E-state index contributed by atoms with van der Waals surface area (Å²) in [6.07, 6.45) is 0. The minimum absolute atomic E-state index is 0.206. The van der Waals surface area contributed by atoms with Crippen LogP contribution in [-0.2, 0) is 11.3 Å². The molecule has 3 aromatic carbocycles. The number of aromatic nitrogens is 1. The summed E-state index contributed by atoms with van der Waals surface area (Å²) in [5.41, 5.74) is 4.27. The average molecular weight is 489 g/mol. The van der Waals surface area contributed by atoms with E-state index in [1.54, 1.807) is 49.8 Å². The molecule has 0 saturated heterocycles. The lowest BCUT2D eigenvalue weighted by molar-refractivity contribution is -0.131. The van der Waals surface area contributed by atoms with Gasteiger partial charge >= 0.3 is 5.97 Å². The Balaban J connectivity index is 1.38. The van der Waals surface area contributed by atoms with E-state index in [-0.39, 0.29) is 5.91 Å². The van der Waals surface area contributed by atoms with Gasteiger partial charge in [-0.2, -0.15) is 0 Å². The number of esters is 1. The Labute approximate surface area is 207 Å². The van der Waals surface area contributed by atoms with Gasteiger partial charge in [-0.3, -0.25) is 9.59 Å². The van der Waals surface area contributed by atoms with E-state index in [1.807, 2.05) is 47.8 Å². The highest BCUT2D eigenvalue weighted by molar-refractivity contribution is 7.13. The van der Waals surface area contributed by atoms with E-state index in [0.29, 0.717) is 29.4 Å². The van der Waals surface area contributed by atoms with Gasteiger partial charge in [0.05, 0.1) is 19.9 Å². The van der Waals surface area contributed by atoms with Gasteiger partial charge in [-0.15, -0.1) is 11.3 Å². The second kappa shape index (κ2) is 10.8. The van der Waals surface area contributed by atoms with Crippen LogP contribution in [-0.4, -0.2) is 31.1 Å². The molecule has 178 valence electrons. The molecule has 1 N–H and O–H groups in total. The fourth-order valence-electron chi connectivity index (χ4n) is 3.42. The maximum atomic E-state index is 12.4. The Morgan fingerprint density at radius 3 is 2.23 bits per heavy atom. The molecule has 0 fully saturated rings. The van der Waals surface area contributed by atoms with Crippen molar-refractivity contribution in [1.82, 2.24) is 10.3 Å². The van der Waals surface area contributed by atoms with Gasteiger partial charge in [-0.25, -0.2) is 4.98 Å². The van der Waals surface area contributed by atoms with Crippen LogP contribution < -0.4 is 19.5 Å². The largest absolute Gasteiger partial charge is 0.493 e. The maximum Gasteiger partial charge on any atom is 0.308 e. The average Bonchev–Trinajstić information content (AvgIpc) is 3.37. The first-order valence-corrected chi connectivity index (χ1v) is 11.7. The molecule has 35 heavy (non-hydrogen) atoms. The maximum absolute atomic E-state index is 12.4. The summed E-state index contributed by atoms with van der Waals surface area (Å²) in [5, 5.41) is 5.81. The Hall–Kier alpha value is -4.17. The Morgan fingerprint density at radius 2 is 1.57 bits per heavy atom. The summed E-state index contributed by atoms with van der Waals surface area (Å²) in [6.45, 7) is 1.72. The Kier molecular flexibility index (Phi) is 7.42. The van der Waals surface area contributed by atoms with Crippen LogP contribution >= 0.6 is 11.3 Å². The van der Waals surface area contributed by atoms with Crippen molar-refractivity contribution in [2.24, 2.45) is 0 Å². The number of carbonyl (C=O) groups excluding carboxylic acids is 2. The molecule has 1 heterocycles. The third kappa shape index (κ3) is 5.85. The molecule has 8 heteroatoms. The number of hydrogen-bond donors (Lipinski definition) is 1. The molecule has 0 aliphatic carbocycles. The number of nitrogens with zero attached hydrogens (tertiary/aromatic N) is 1. The molecule has 4 rings (SSSR count). The van der Waals surface area contributed by atoms with Crippen molar-refractivity contribution >= 4 is 23.2 Å². The van der Waals surface area contributed by atoms with Crippen LogP contribution in [0.25, 0.3) is 21.8 Å². The number of rotatable bonds is 8. The summed E-state index contributed by atoms with van der Waals surface area (Å²) in [5.74, 6) is 1.13. The van der Waals surface area contributed by atoms with Gasteiger partial charge in [0, 0.05) is 35.5 Å². The summed E-state index contributed by atoms with van der Waals surface area (Å²) < 4.78 is 15.7. The standard InChI is InChI=1S/C27H24N2O5S/c1-17(30)34-22-11-8-19(9-12-22)26(31)28-15-18-4-6-20(7-5-18)27-29-23(16-35-27)21-10-13-24(32-2)25(14-21)33-3/h4-14,16H,15H2,1-3H3,(H,28,31). The number of thiazole rings is 1. The van der Waals surface area contributed by atoms with E-state index >= 15 is 0 Å². The van der Waals surface area contributed by atoms with E-state index in [1.165, 1.54) is 6.92 Å². The Morgan fingerprint density at radius 1 is 0.886 bits per heavy atom. The fraction of sp³-hybridized carbons (Fsp3) is 0.148. The molecule has 0 aliphatic heterocycles. The third-order valence-corrected chi connectivity index (χ3v) is 6.11. The quantitative estimate of drug-likeness (QED) is 0.266. The van der Waals surface area contributed by atoms with Crippen LogP contribution in [0.5, 0.6) is 17.2 Å². The summed E-state index contributed by atoms with van der Waals surface area (Å²) in [6, 6.07) is 20.1. The van der Waals surface area contributed by atoms with Gasteiger partial charge in [0.15, 0.2) is 11.5 Å². The lowest BCUT2D eigenvalue weighted by Gasteiger charge is -2.08. The molecule has 0 spiro atoms. The van der Waals surface area contributed by atoms with Crippen LogP contribution in [0.4, 0.5) is 0 Å². The van der Waals surface area contributed by atoms with E-state index in [2.05, 4.69) is 5.32 Å². The van der Waals surface area contributed by atoms with E-state index in [4.69, 9.17) is 19.2 Å². The van der Waals surface area contributed by atoms with Crippen LogP contribution in [0, 0.1) is 0 Å². The number of nitrogens with one attached hydrogen (secondary N) is 1. The molecule has 1 amide bonds. The summed E-state index contributed by atoms with van der Waals surface area (Å²) >= 11 is 1.56. The SMILES string of the molecule is COc1ccc(-c2csc(-c3ccc(CNC(=O)c4ccc(OC(C)=O)cc4)cc3)n2)cc1OC. The van der Waals surface area contributed by atoms with Gasteiger partial charge in [0.25, 0.3) is 5.91 Å². The Bertz CT molecular complexity index is 1330. The molecule has 0 unspecified atom stereocenters. The van der Waals surface area contributed by atoms with E-state index < -0.39 is 5.97 Å². The molecule has 0 saturated carbocycles. The predicted molar refractivity (Wildman–Crippen MR) is 135 cm³/mol. The fourth-order valence-corrected chi connectivity index (χ4v) is 4.26. The van der Waals surface area contributed by atoms with Crippen LogP contribution in [0.3, 0.4) is 0 Å². The molecular weight excluding hydrogens is 464 g/mol.